The van der Waals surface area contributed by atoms with Gasteiger partial charge < -0.3 is 24.6 Å². The summed E-state index contributed by atoms with van der Waals surface area (Å²) in [5.74, 6) is -1.26. The average molecular weight is 577 g/mol. The Hall–Kier alpha value is -3.67. The summed E-state index contributed by atoms with van der Waals surface area (Å²) in [6.45, 7) is 1.20. The van der Waals surface area contributed by atoms with Crippen LogP contribution in [0.15, 0.2) is 66.9 Å². The monoisotopic (exact) mass is 576 g/mol. The Balaban J connectivity index is 1.49. The van der Waals surface area contributed by atoms with Crippen LogP contribution in [0.5, 0.6) is 11.6 Å². The molecule has 3 aromatic rings. The lowest BCUT2D eigenvalue weighted by Gasteiger charge is -2.44. The van der Waals surface area contributed by atoms with Crippen LogP contribution in [0.3, 0.4) is 0 Å². The van der Waals surface area contributed by atoms with Crippen molar-refractivity contribution in [2.45, 2.75) is 24.9 Å². The van der Waals surface area contributed by atoms with Crippen molar-refractivity contribution in [1.29, 1.82) is 0 Å². The molecule has 1 fully saturated rings. The number of aromatic nitrogens is 1. The summed E-state index contributed by atoms with van der Waals surface area (Å²) in [6, 6.07) is 14.1. The molecule has 1 atom stereocenters. The highest BCUT2D eigenvalue weighted by Crippen LogP contribution is 2.36. The minimum Gasteiger partial charge on any atom is -0.437 e. The van der Waals surface area contributed by atoms with Gasteiger partial charge in [-0.15, -0.1) is 0 Å². The van der Waals surface area contributed by atoms with Crippen LogP contribution in [0.4, 0.5) is 13.2 Å². The SMILES string of the molecule is CN(C)C1CN(C(=O)C(COCc2ccccc2)NC(=O)c2cccnc2Oc2ccc(C(F)(F)F)cc2Cl)C1. The number of benzene rings is 2. The first-order valence-corrected chi connectivity index (χ1v) is 12.8. The third kappa shape index (κ3) is 7.29. The molecule has 2 aromatic carbocycles. The Labute approximate surface area is 234 Å². The van der Waals surface area contributed by atoms with E-state index in [0.29, 0.717) is 13.1 Å². The fourth-order valence-electron chi connectivity index (χ4n) is 3.97. The number of halogens is 4. The van der Waals surface area contributed by atoms with Gasteiger partial charge in [-0.2, -0.15) is 13.2 Å². The molecule has 1 unspecified atom stereocenters. The Bertz CT molecular complexity index is 1330. The highest BCUT2D eigenvalue weighted by atomic mass is 35.5. The number of alkyl halides is 3. The number of amides is 2. The first-order chi connectivity index (χ1) is 19.0. The van der Waals surface area contributed by atoms with Gasteiger partial charge in [0.25, 0.3) is 5.91 Å². The number of hydrogen-bond acceptors (Lipinski definition) is 6. The molecule has 2 heterocycles. The maximum Gasteiger partial charge on any atom is 0.416 e. The number of likely N-dealkylation sites (N-methyl/N-ethyl adjacent to an activating group) is 1. The largest absolute Gasteiger partial charge is 0.437 e. The molecule has 0 radical (unpaired) electrons. The summed E-state index contributed by atoms with van der Waals surface area (Å²) in [7, 11) is 3.86. The molecule has 212 valence electrons. The third-order valence-corrected chi connectivity index (χ3v) is 6.68. The standard InChI is InChI=1S/C28H28ClF3N4O4/c1-35(2)20-14-36(15-20)27(38)23(17-39-16-18-7-4-3-5-8-18)34-25(37)21-9-6-12-33-26(21)40-24-11-10-19(13-22(24)29)28(30,31)32/h3-13,20,23H,14-17H2,1-2H3,(H,34,37). The Morgan fingerprint density at radius 1 is 1.12 bits per heavy atom. The van der Waals surface area contributed by atoms with Crippen molar-refractivity contribution < 1.29 is 32.2 Å². The number of ether oxygens (including phenoxy) is 2. The number of rotatable bonds is 10. The maximum atomic E-state index is 13.3. The lowest BCUT2D eigenvalue weighted by Crippen LogP contribution is -2.63. The minimum atomic E-state index is -4.58. The molecule has 4 rings (SSSR count). The molecule has 1 aromatic heterocycles. The molecule has 1 aliphatic heterocycles. The molecule has 1 aliphatic rings. The average Bonchev–Trinajstić information content (AvgIpc) is 2.88. The zero-order valence-electron chi connectivity index (χ0n) is 21.8. The van der Waals surface area contributed by atoms with E-state index in [4.69, 9.17) is 21.1 Å². The molecular formula is C28H28ClF3N4O4. The van der Waals surface area contributed by atoms with Gasteiger partial charge >= 0.3 is 6.18 Å². The number of carbonyl (C=O) groups excluding carboxylic acids is 2. The van der Waals surface area contributed by atoms with E-state index in [1.54, 1.807) is 4.90 Å². The first kappa shape index (κ1) is 29.3. The van der Waals surface area contributed by atoms with Crippen molar-refractivity contribution in [2.24, 2.45) is 0 Å². The highest BCUT2D eigenvalue weighted by Gasteiger charge is 2.37. The van der Waals surface area contributed by atoms with E-state index in [0.717, 1.165) is 23.8 Å². The van der Waals surface area contributed by atoms with Gasteiger partial charge in [0.1, 0.15) is 17.4 Å². The Morgan fingerprint density at radius 3 is 2.50 bits per heavy atom. The second kappa shape index (κ2) is 12.7. The van der Waals surface area contributed by atoms with Gasteiger partial charge in [-0.05, 0) is 50.0 Å². The van der Waals surface area contributed by atoms with Crippen LogP contribution in [0.2, 0.25) is 5.02 Å². The second-order valence-corrected chi connectivity index (χ2v) is 9.90. The van der Waals surface area contributed by atoms with Crippen molar-refractivity contribution in [3.63, 3.8) is 0 Å². The van der Waals surface area contributed by atoms with Crippen LogP contribution < -0.4 is 10.1 Å². The zero-order chi connectivity index (χ0) is 28.9. The molecule has 2 amide bonds. The van der Waals surface area contributed by atoms with E-state index in [1.807, 2.05) is 49.3 Å². The van der Waals surface area contributed by atoms with Crippen LogP contribution in [0, 0.1) is 0 Å². The van der Waals surface area contributed by atoms with Crippen LogP contribution in [-0.2, 0) is 22.3 Å². The highest BCUT2D eigenvalue weighted by molar-refractivity contribution is 6.32. The quantitative estimate of drug-likeness (QED) is 0.379. The van der Waals surface area contributed by atoms with E-state index < -0.39 is 23.7 Å². The number of hydrogen-bond donors (Lipinski definition) is 1. The molecule has 8 nitrogen and oxygen atoms in total. The fraction of sp³-hybridized carbons (Fsp3) is 0.321. The summed E-state index contributed by atoms with van der Waals surface area (Å²) >= 11 is 6.02. The second-order valence-electron chi connectivity index (χ2n) is 9.49. The zero-order valence-corrected chi connectivity index (χ0v) is 22.6. The van der Waals surface area contributed by atoms with Gasteiger partial charge in [0.05, 0.1) is 23.8 Å². The molecule has 40 heavy (non-hydrogen) atoms. The molecular weight excluding hydrogens is 549 g/mol. The lowest BCUT2D eigenvalue weighted by atomic mass is 10.1. The van der Waals surface area contributed by atoms with Gasteiger partial charge in [0, 0.05) is 25.3 Å². The first-order valence-electron chi connectivity index (χ1n) is 12.4. The summed E-state index contributed by atoms with van der Waals surface area (Å²) < 4.78 is 50.4. The molecule has 0 saturated carbocycles. The van der Waals surface area contributed by atoms with Crippen LogP contribution in [-0.4, -0.2) is 72.5 Å². The van der Waals surface area contributed by atoms with Crippen molar-refractivity contribution >= 4 is 23.4 Å². The molecule has 12 heteroatoms. The van der Waals surface area contributed by atoms with E-state index >= 15 is 0 Å². The summed E-state index contributed by atoms with van der Waals surface area (Å²) in [4.78, 5) is 34.3. The summed E-state index contributed by atoms with van der Waals surface area (Å²) in [6.07, 6.45) is -3.22. The van der Waals surface area contributed by atoms with Crippen LogP contribution in [0.1, 0.15) is 21.5 Å². The number of pyridine rings is 1. The normalized spacial score (nSPS) is 14.5. The predicted octanol–water partition coefficient (Wildman–Crippen LogP) is 4.63. The maximum absolute atomic E-state index is 13.3. The van der Waals surface area contributed by atoms with E-state index in [2.05, 4.69) is 10.3 Å². The van der Waals surface area contributed by atoms with Crippen molar-refractivity contribution in [3.05, 3.63) is 88.6 Å². The molecule has 1 N–H and O–H groups in total. The summed E-state index contributed by atoms with van der Waals surface area (Å²) in [5, 5.41) is 2.41. The molecule has 0 bridgehead atoms. The molecule has 0 aliphatic carbocycles. The minimum absolute atomic E-state index is 0.0332. The van der Waals surface area contributed by atoms with E-state index in [-0.39, 0.29) is 47.4 Å². The number of carbonyl (C=O) groups is 2. The van der Waals surface area contributed by atoms with E-state index in [9.17, 15) is 22.8 Å². The van der Waals surface area contributed by atoms with Gasteiger partial charge in [-0.3, -0.25) is 9.59 Å². The smallest absolute Gasteiger partial charge is 0.416 e. The fourth-order valence-corrected chi connectivity index (χ4v) is 4.19. The van der Waals surface area contributed by atoms with Gasteiger partial charge in [0.15, 0.2) is 0 Å². The van der Waals surface area contributed by atoms with Crippen molar-refractivity contribution in [3.8, 4) is 11.6 Å². The third-order valence-electron chi connectivity index (χ3n) is 6.39. The van der Waals surface area contributed by atoms with Crippen LogP contribution >= 0.6 is 11.6 Å². The predicted molar refractivity (Wildman–Crippen MR) is 142 cm³/mol. The number of nitrogens with one attached hydrogen (secondary N) is 1. The van der Waals surface area contributed by atoms with Gasteiger partial charge in [-0.25, -0.2) is 4.98 Å². The molecule has 0 spiro atoms. The van der Waals surface area contributed by atoms with Gasteiger partial charge in [-0.1, -0.05) is 41.9 Å². The number of likely N-dealkylation sites (tertiary alicyclic amines) is 1. The topological polar surface area (TPSA) is 84.0 Å². The van der Waals surface area contributed by atoms with Crippen LogP contribution in [0.25, 0.3) is 0 Å². The number of nitrogens with zero attached hydrogens (tertiary/aromatic N) is 3. The van der Waals surface area contributed by atoms with Gasteiger partial charge in [0.2, 0.25) is 11.8 Å². The molecule has 1 saturated heterocycles. The van der Waals surface area contributed by atoms with Crippen molar-refractivity contribution in [1.82, 2.24) is 20.1 Å². The van der Waals surface area contributed by atoms with E-state index in [1.165, 1.54) is 18.3 Å². The Kier molecular flexibility index (Phi) is 9.28. The van der Waals surface area contributed by atoms with Crippen molar-refractivity contribution in [2.75, 3.05) is 33.8 Å². The Morgan fingerprint density at radius 2 is 1.85 bits per heavy atom. The lowest BCUT2D eigenvalue weighted by molar-refractivity contribution is -0.141. The summed E-state index contributed by atoms with van der Waals surface area (Å²) in [5.41, 5.74) is -0.0645.